The van der Waals surface area contributed by atoms with Gasteiger partial charge in [-0.15, -0.1) is 0 Å². The summed E-state index contributed by atoms with van der Waals surface area (Å²) in [5, 5.41) is 6.34. The van der Waals surface area contributed by atoms with Crippen LogP contribution in [0.1, 0.15) is 45.4 Å². The van der Waals surface area contributed by atoms with Crippen LogP contribution in [0.4, 0.5) is 17.5 Å². The fourth-order valence-electron chi connectivity index (χ4n) is 2.98. The predicted octanol–water partition coefficient (Wildman–Crippen LogP) is 4.89. The molecule has 2 N–H and O–H groups in total. The van der Waals surface area contributed by atoms with Gasteiger partial charge in [0, 0.05) is 50.0 Å². The van der Waals surface area contributed by atoms with Gasteiger partial charge in [0.1, 0.15) is 5.82 Å². The van der Waals surface area contributed by atoms with E-state index >= 15 is 0 Å². The molecule has 3 rings (SSSR count). The van der Waals surface area contributed by atoms with Gasteiger partial charge in [-0.2, -0.15) is 4.98 Å². The van der Waals surface area contributed by atoms with Gasteiger partial charge in [-0.3, -0.25) is 0 Å². The molecule has 0 saturated carbocycles. The molecule has 1 aliphatic rings. The van der Waals surface area contributed by atoms with Crippen molar-refractivity contribution in [2.24, 2.45) is 0 Å². The highest BCUT2D eigenvalue weighted by Gasteiger charge is 2.34. The summed E-state index contributed by atoms with van der Waals surface area (Å²) < 4.78 is 12.0. The number of hydrogen-bond acceptors (Lipinski definition) is 6. The summed E-state index contributed by atoms with van der Waals surface area (Å²) in [5.41, 5.74) is 3.90. The first-order chi connectivity index (χ1) is 12.3. The lowest BCUT2D eigenvalue weighted by atomic mass is 10.0. The molecule has 0 aliphatic carbocycles. The second-order valence-corrected chi connectivity index (χ2v) is 6.84. The lowest BCUT2D eigenvalue weighted by Crippen LogP contribution is -2.29. The number of rotatable bonds is 5. The minimum absolute atomic E-state index is 0.538. The van der Waals surface area contributed by atoms with E-state index in [0.29, 0.717) is 5.95 Å². The molecule has 138 valence electrons. The maximum absolute atomic E-state index is 6.02. The van der Waals surface area contributed by atoms with Gasteiger partial charge in [-0.25, -0.2) is 4.98 Å². The third-order valence-corrected chi connectivity index (χ3v) is 4.06. The number of hydrogen-bond donors (Lipinski definition) is 2. The monoisotopic (exact) mass is 354 g/mol. The molecular weight excluding hydrogens is 328 g/mol. The minimum Gasteiger partial charge on any atom is -0.449 e. The van der Waals surface area contributed by atoms with E-state index in [0.717, 1.165) is 46.3 Å². The smallest absolute Gasteiger partial charge is 0.246 e. The second-order valence-electron chi connectivity index (χ2n) is 6.84. The van der Waals surface area contributed by atoms with Crippen molar-refractivity contribution >= 4 is 23.0 Å². The first-order valence-electron chi connectivity index (χ1n) is 8.85. The van der Waals surface area contributed by atoms with Crippen molar-refractivity contribution < 1.29 is 9.47 Å². The standard InChI is InChI=1S/C20H26N4O2/c1-7-8-12(2)15-10-14(11-16-18(15)26-20(4,5)25-16)23-19-22-13(3)9-17(21-6)24-19/h8-11H,7H2,1-6H3,(H2,21,22,23,24)/b12-8+. The van der Waals surface area contributed by atoms with Crippen molar-refractivity contribution in [2.75, 3.05) is 17.7 Å². The van der Waals surface area contributed by atoms with Gasteiger partial charge >= 0.3 is 0 Å². The molecule has 26 heavy (non-hydrogen) atoms. The molecule has 0 atom stereocenters. The molecule has 0 unspecified atom stereocenters. The van der Waals surface area contributed by atoms with Crippen LogP contribution in [0.2, 0.25) is 0 Å². The summed E-state index contributed by atoms with van der Waals surface area (Å²) in [6.45, 7) is 9.96. The zero-order valence-corrected chi connectivity index (χ0v) is 16.2. The number of aryl methyl sites for hydroxylation is 1. The van der Waals surface area contributed by atoms with Crippen molar-refractivity contribution in [3.63, 3.8) is 0 Å². The summed E-state index contributed by atoms with van der Waals surface area (Å²) in [6.07, 6.45) is 3.13. The molecule has 1 aliphatic heterocycles. The van der Waals surface area contributed by atoms with Crippen LogP contribution in [-0.4, -0.2) is 22.8 Å². The van der Waals surface area contributed by atoms with E-state index in [9.17, 15) is 0 Å². The number of allylic oxidation sites excluding steroid dienone is 2. The largest absolute Gasteiger partial charge is 0.449 e. The number of anilines is 3. The Hall–Kier alpha value is -2.76. The number of nitrogens with one attached hydrogen (secondary N) is 2. The average molecular weight is 354 g/mol. The van der Waals surface area contributed by atoms with Gasteiger partial charge in [0.25, 0.3) is 0 Å². The Balaban J connectivity index is 2.03. The van der Waals surface area contributed by atoms with Gasteiger partial charge in [-0.1, -0.05) is 13.0 Å². The van der Waals surface area contributed by atoms with Crippen molar-refractivity contribution in [1.82, 2.24) is 9.97 Å². The Bertz CT molecular complexity index is 859. The second kappa shape index (κ2) is 6.86. The van der Waals surface area contributed by atoms with E-state index in [1.807, 2.05) is 40.0 Å². The SMILES string of the molecule is CC/C=C(\C)c1cc(Nc2nc(C)cc(NC)n2)cc2c1OC(C)(C)O2. The van der Waals surface area contributed by atoms with Gasteiger partial charge in [0.15, 0.2) is 11.5 Å². The lowest BCUT2D eigenvalue weighted by Gasteiger charge is -2.16. The first kappa shape index (κ1) is 18.0. The Labute approximate surface area is 154 Å². The molecule has 6 nitrogen and oxygen atoms in total. The van der Waals surface area contributed by atoms with Crippen LogP contribution in [-0.2, 0) is 0 Å². The van der Waals surface area contributed by atoms with Crippen LogP contribution in [0.3, 0.4) is 0 Å². The fraction of sp³-hybridized carbons (Fsp3) is 0.400. The van der Waals surface area contributed by atoms with E-state index in [4.69, 9.17) is 9.47 Å². The minimum atomic E-state index is -0.679. The van der Waals surface area contributed by atoms with E-state index in [1.165, 1.54) is 0 Å². The Kier molecular flexibility index (Phi) is 4.76. The van der Waals surface area contributed by atoms with Crippen LogP contribution in [0.5, 0.6) is 11.5 Å². The zero-order chi connectivity index (χ0) is 18.9. The van der Waals surface area contributed by atoms with Crippen molar-refractivity contribution in [2.45, 2.75) is 46.8 Å². The Morgan fingerprint density at radius 2 is 1.96 bits per heavy atom. The maximum atomic E-state index is 6.02. The first-order valence-corrected chi connectivity index (χ1v) is 8.85. The fourth-order valence-corrected chi connectivity index (χ4v) is 2.98. The van der Waals surface area contributed by atoms with Crippen molar-refractivity contribution in [3.8, 4) is 11.5 Å². The van der Waals surface area contributed by atoms with Crippen LogP contribution in [0, 0.1) is 6.92 Å². The molecule has 1 aromatic carbocycles. The Morgan fingerprint density at radius 3 is 2.65 bits per heavy atom. The van der Waals surface area contributed by atoms with Crippen LogP contribution in [0.25, 0.3) is 5.57 Å². The zero-order valence-electron chi connectivity index (χ0n) is 16.2. The van der Waals surface area contributed by atoms with Crippen molar-refractivity contribution in [3.05, 3.63) is 35.5 Å². The summed E-state index contributed by atoms with van der Waals surface area (Å²) in [4.78, 5) is 8.92. The van der Waals surface area contributed by atoms with E-state index in [1.54, 1.807) is 0 Å². The summed E-state index contributed by atoms with van der Waals surface area (Å²) in [5.74, 6) is 2.13. The molecular formula is C20H26N4O2. The van der Waals surface area contributed by atoms with Crippen LogP contribution < -0.4 is 20.1 Å². The molecule has 1 aromatic heterocycles. The van der Waals surface area contributed by atoms with Crippen LogP contribution >= 0.6 is 0 Å². The summed E-state index contributed by atoms with van der Waals surface area (Å²) >= 11 is 0. The highest BCUT2D eigenvalue weighted by atomic mass is 16.7. The third-order valence-electron chi connectivity index (χ3n) is 4.06. The number of fused-ring (bicyclic) bond motifs is 1. The van der Waals surface area contributed by atoms with E-state index in [2.05, 4.69) is 46.6 Å². The molecule has 2 heterocycles. The lowest BCUT2D eigenvalue weighted by molar-refractivity contribution is -0.0432. The molecule has 0 saturated heterocycles. The van der Waals surface area contributed by atoms with Crippen LogP contribution in [0.15, 0.2) is 24.3 Å². The molecule has 0 bridgehead atoms. The van der Waals surface area contributed by atoms with Crippen molar-refractivity contribution in [1.29, 1.82) is 0 Å². The van der Waals surface area contributed by atoms with E-state index < -0.39 is 5.79 Å². The quantitative estimate of drug-likeness (QED) is 0.797. The molecule has 0 fully saturated rings. The Morgan fingerprint density at radius 1 is 1.19 bits per heavy atom. The molecule has 2 aromatic rings. The maximum Gasteiger partial charge on any atom is 0.246 e. The highest BCUT2D eigenvalue weighted by Crippen LogP contribution is 2.46. The molecule has 0 amide bonds. The van der Waals surface area contributed by atoms with Gasteiger partial charge in [-0.05, 0) is 31.9 Å². The number of nitrogens with zero attached hydrogens (tertiary/aromatic N) is 2. The molecule has 6 heteroatoms. The van der Waals surface area contributed by atoms with E-state index in [-0.39, 0.29) is 0 Å². The number of benzene rings is 1. The molecule has 0 radical (unpaired) electrons. The van der Waals surface area contributed by atoms with Gasteiger partial charge in [0.05, 0.1) is 0 Å². The summed E-state index contributed by atoms with van der Waals surface area (Å²) in [6, 6.07) is 5.88. The average Bonchev–Trinajstić information content (AvgIpc) is 2.87. The summed E-state index contributed by atoms with van der Waals surface area (Å²) in [7, 11) is 1.84. The third kappa shape index (κ3) is 3.74. The van der Waals surface area contributed by atoms with Gasteiger partial charge in [0.2, 0.25) is 11.7 Å². The normalized spacial score (nSPS) is 15.1. The molecule has 0 spiro atoms. The van der Waals surface area contributed by atoms with Gasteiger partial charge < -0.3 is 20.1 Å². The number of ether oxygens (including phenoxy) is 2. The number of aromatic nitrogens is 2. The highest BCUT2D eigenvalue weighted by molar-refractivity contribution is 5.77. The predicted molar refractivity (Wildman–Crippen MR) is 105 cm³/mol. The topological polar surface area (TPSA) is 68.3 Å².